The zero-order valence-corrected chi connectivity index (χ0v) is 7.41. The van der Waals surface area contributed by atoms with Gasteiger partial charge in [-0.15, -0.1) is 0 Å². The van der Waals surface area contributed by atoms with Gasteiger partial charge in [-0.2, -0.15) is 0 Å². The Kier molecular flexibility index (Phi) is 2.46. The van der Waals surface area contributed by atoms with Crippen LogP contribution < -0.4 is 0 Å². The molecule has 1 heterocycles. The molecule has 0 bridgehead atoms. The maximum atomic E-state index is 8.09. The van der Waals surface area contributed by atoms with Crippen LogP contribution in [0.3, 0.4) is 0 Å². The molecule has 56 valence electrons. The third-order valence-corrected chi connectivity index (χ3v) is 2.01. The first kappa shape index (κ1) is 8.04. The second-order valence-electron chi connectivity index (χ2n) is 1.98. The van der Waals surface area contributed by atoms with Crippen molar-refractivity contribution in [3.63, 3.8) is 0 Å². The molecule has 0 saturated heterocycles. The van der Waals surface area contributed by atoms with E-state index >= 15 is 0 Å². The number of pyridine rings is 1. The molecule has 0 radical (unpaired) electrons. The molecule has 1 aromatic heterocycles. The molecular weight excluding hydrogens is 208 g/mol. The summed E-state index contributed by atoms with van der Waals surface area (Å²) in [6.07, 6.45) is 1.61. The minimum atomic E-state index is 0.396. The predicted octanol–water partition coefficient (Wildman–Crippen LogP) is 3.09. The summed E-state index contributed by atoms with van der Waals surface area (Å²) in [4.78, 5) is 6.49. The summed E-state index contributed by atoms with van der Waals surface area (Å²) in [7, 11) is 0. The summed E-state index contributed by atoms with van der Waals surface area (Å²) in [6.45, 7) is 1.90. The van der Waals surface area contributed by atoms with E-state index in [1.807, 2.05) is 6.92 Å². The Morgan fingerprint density at radius 2 is 2.45 bits per heavy atom. The van der Waals surface area contributed by atoms with E-state index in [0.717, 1.165) is 10.0 Å². The maximum Gasteiger partial charge on any atom is 0.127 e. The van der Waals surface area contributed by atoms with Gasteiger partial charge in [-0.1, -0.05) is 0 Å². The number of halogens is 1. The van der Waals surface area contributed by atoms with Crippen LogP contribution in [0.2, 0.25) is 0 Å². The van der Waals surface area contributed by atoms with Gasteiger partial charge in [0.25, 0.3) is 0 Å². The molecule has 11 heavy (non-hydrogen) atoms. The SMILES string of the molecule is Cc1cc(N=[N+]=[N-])ncc1Br. The summed E-state index contributed by atoms with van der Waals surface area (Å²) in [6, 6.07) is 1.71. The second kappa shape index (κ2) is 3.37. The van der Waals surface area contributed by atoms with E-state index in [9.17, 15) is 0 Å². The second-order valence-corrected chi connectivity index (χ2v) is 2.84. The quantitative estimate of drug-likeness (QED) is 0.401. The average molecular weight is 213 g/mol. The van der Waals surface area contributed by atoms with Crippen molar-refractivity contribution < 1.29 is 0 Å². The fourth-order valence-corrected chi connectivity index (χ4v) is 0.842. The van der Waals surface area contributed by atoms with Crippen molar-refractivity contribution in [2.75, 3.05) is 0 Å². The van der Waals surface area contributed by atoms with Crippen molar-refractivity contribution in [2.45, 2.75) is 6.92 Å². The summed E-state index contributed by atoms with van der Waals surface area (Å²) >= 11 is 3.28. The van der Waals surface area contributed by atoms with E-state index in [-0.39, 0.29) is 0 Å². The molecular formula is C6H5BrN4. The third-order valence-electron chi connectivity index (χ3n) is 1.18. The number of rotatable bonds is 1. The van der Waals surface area contributed by atoms with E-state index in [4.69, 9.17) is 5.53 Å². The van der Waals surface area contributed by atoms with Crippen molar-refractivity contribution in [1.82, 2.24) is 4.98 Å². The highest BCUT2D eigenvalue weighted by Crippen LogP contribution is 2.18. The van der Waals surface area contributed by atoms with Gasteiger partial charge in [-0.05, 0) is 45.1 Å². The molecule has 5 heteroatoms. The molecule has 1 rings (SSSR count). The molecule has 0 aliphatic rings. The molecule has 0 aliphatic heterocycles. The number of hydrogen-bond acceptors (Lipinski definition) is 2. The highest BCUT2D eigenvalue weighted by molar-refractivity contribution is 9.10. The first-order valence-electron chi connectivity index (χ1n) is 2.91. The van der Waals surface area contributed by atoms with Crippen LogP contribution in [0.5, 0.6) is 0 Å². The lowest BCUT2D eigenvalue weighted by Crippen LogP contribution is -1.77. The molecule has 0 atom stereocenters. The van der Waals surface area contributed by atoms with E-state index in [2.05, 4.69) is 30.9 Å². The first-order valence-corrected chi connectivity index (χ1v) is 3.70. The number of hydrogen-bond donors (Lipinski definition) is 0. The van der Waals surface area contributed by atoms with Crippen LogP contribution in [-0.2, 0) is 0 Å². The summed E-state index contributed by atoms with van der Waals surface area (Å²) in [5.41, 5.74) is 9.09. The monoisotopic (exact) mass is 212 g/mol. The predicted molar refractivity (Wildman–Crippen MR) is 45.5 cm³/mol. The lowest BCUT2D eigenvalue weighted by atomic mass is 10.3. The summed E-state index contributed by atoms with van der Waals surface area (Å²) in [5, 5.41) is 3.36. The molecule has 0 N–H and O–H groups in total. The van der Waals surface area contributed by atoms with Crippen LogP contribution in [0.4, 0.5) is 5.82 Å². The molecule has 0 saturated carbocycles. The third kappa shape index (κ3) is 1.93. The van der Waals surface area contributed by atoms with Gasteiger partial charge in [0.1, 0.15) is 5.82 Å². The zero-order chi connectivity index (χ0) is 8.27. The molecule has 0 fully saturated rings. The molecule has 0 aliphatic carbocycles. The Balaban J connectivity index is 3.14. The minimum absolute atomic E-state index is 0.396. The van der Waals surface area contributed by atoms with Crippen molar-refractivity contribution >= 4 is 21.7 Å². The van der Waals surface area contributed by atoms with Gasteiger partial charge in [0.2, 0.25) is 0 Å². The summed E-state index contributed by atoms with van der Waals surface area (Å²) < 4.78 is 0.911. The molecule has 0 spiro atoms. The maximum absolute atomic E-state index is 8.09. The molecule has 4 nitrogen and oxygen atoms in total. The van der Waals surface area contributed by atoms with Crippen molar-refractivity contribution in [3.8, 4) is 0 Å². The van der Waals surface area contributed by atoms with Crippen molar-refractivity contribution in [2.24, 2.45) is 5.11 Å². The Bertz CT molecular complexity index is 316. The Morgan fingerprint density at radius 1 is 1.73 bits per heavy atom. The van der Waals surface area contributed by atoms with Crippen LogP contribution in [0.15, 0.2) is 21.9 Å². The Hall–Kier alpha value is -1.06. The lowest BCUT2D eigenvalue weighted by molar-refractivity contribution is 1.21. The minimum Gasteiger partial charge on any atom is -0.253 e. The smallest absolute Gasteiger partial charge is 0.127 e. The van der Waals surface area contributed by atoms with Gasteiger partial charge in [-0.25, -0.2) is 0 Å². The topological polar surface area (TPSA) is 61.7 Å². The molecule has 0 aromatic carbocycles. The van der Waals surface area contributed by atoms with Crippen LogP contribution in [-0.4, -0.2) is 4.98 Å². The van der Waals surface area contributed by atoms with Gasteiger partial charge in [0.05, 0.1) is 0 Å². The highest BCUT2D eigenvalue weighted by Gasteiger charge is 1.94. The summed E-state index contributed by atoms with van der Waals surface area (Å²) in [5.74, 6) is 0.396. The fraction of sp³-hybridized carbons (Fsp3) is 0.167. The van der Waals surface area contributed by atoms with Gasteiger partial charge >= 0.3 is 0 Å². The number of aryl methyl sites for hydroxylation is 1. The van der Waals surface area contributed by atoms with Gasteiger partial charge in [0, 0.05) is 15.6 Å². The lowest BCUT2D eigenvalue weighted by Gasteiger charge is -1.95. The number of nitrogens with zero attached hydrogens (tertiary/aromatic N) is 4. The van der Waals surface area contributed by atoms with Gasteiger partial charge in [0.15, 0.2) is 0 Å². The molecule has 0 amide bonds. The normalized spacial score (nSPS) is 8.91. The first-order chi connectivity index (χ1) is 5.24. The Labute approximate surface area is 72.0 Å². The van der Waals surface area contributed by atoms with E-state index in [0.29, 0.717) is 5.82 Å². The van der Waals surface area contributed by atoms with Gasteiger partial charge in [-0.3, -0.25) is 4.98 Å². The van der Waals surface area contributed by atoms with Crippen LogP contribution in [0.25, 0.3) is 10.4 Å². The number of azide groups is 1. The van der Waals surface area contributed by atoms with Crippen LogP contribution in [0, 0.1) is 6.92 Å². The van der Waals surface area contributed by atoms with Crippen LogP contribution in [0.1, 0.15) is 5.56 Å². The zero-order valence-electron chi connectivity index (χ0n) is 5.82. The van der Waals surface area contributed by atoms with Crippen molar-refractivity contribution in [3.05, 3.63) is 32.7 Å². The van der Waals surface area contributed by atoms with Gasteiger partial charge < -0.3 is 0 Å². The van der Waals surface area contributed by atoms with E-state index < -0.39 is 0 Å². The fourth-order valence-electron chi connectivity index (χ4n) is 0.625. The average Bonchev–Trinajstić information content (AvgIpc) is 1.98. The Morgan fingerprint density at radius 3 is 3.00 bits per heavy atom. The number of aromatic nitrogens is 1. The largest absolute Gasteiger partial charge is 0.253 e. The standard InChI is InChI=1S/C6H5BrN4/c1-4-2-6(10-11-8)9-3-5(4)7/h2-3H,1H3. The van der Waals surface area contributed by atoms with Crippen molar-refractivity contribution in [1.29, 1.82) is 0 Å². The van der Waals surface area contributed by atoms with E-state index in [1.165, 1.54) is 0 Å². The molecule has 0 unspecified atom stereocenters. The van der Waals surface area contributed by atoms with Crippen LogP contribution >= 0.6 is 15.9 Å². The molecule has 1 aromatic rings. The highest BCUT2D eigenvalue weighted by atomic mass is 79.9. The van der Waals surface area contributed by atoms with E-state index in [1.54, 1.807) is 12.3 Å².